The lowest BCUT2D eigenvalue weighted by Gasteiger charge is -2.61. The Balaban J connectivity index is 1.62. The second-order valence-corrected chi connectivity index (χ2v) is 5.99. The summed E-state index contributed by atoms with van der Waals surface area (Å²) in [7, 11) is 0. The van der Waals surface area contributed by atoms with Gasteiger partial charge in [0.1, 0.15) is 0 Å². The molecule has 1 aromatic rings. The maximum absolute atomic E-state index is 5.90. The third-order valence-electron chi connectivity index (χ3n) is 5.07. The lowest BCUT2D eigenvalue weighted by atomic mass is 9.51. The standard InChI is InChI=1S/C16H24N2O/c1-3-19-15-10-14(16(15)7-5-8-16)18-12(2)13-6-4-9-17-11-13/h4,6,9,11-12,14-15,18H,3,5,7-8,10H2,1-2H3. The first-order chi connectivity index (χ1) is 9.26. The van der Waals surface area contributed by atoms with Crippen LogP contribution in [-0.2, 0) is 4.74 Å². The Bertz CT molecular complexity index is 416. The Morgan fingerprint density at radius 2 is 2.37 bits per heavy atom. The van der Waals surface area contributed by atoms with Gasteiger partial charge in [0.15, 0.2) is 0 Å². The monoisotopic (exact) mass is 260 g/mol. The van der Waals surface area contributed by atoms with E-state index >= 15 is 0 Å². The van der Waals surface area contributed by atoms with Crippen molar-refractivity contribution in [1.29, 1.82) is 0 Å². The van der Waals surface area contributed by atoms with Crippen molar-refractivity contribution in [3.8, 4) is 0 Å². The summed E-state index contributed by atoms with van der Waals surface area (Å²) in [6, 6.07) is 5.15. The highest BCUT2D eigenvalue weighted by Crippen LogP contribution is 2.57. The number of rotatable bonds is 5. The molecule has 1 N–H and O–H groups in total. The third kappa shape index (κ3) is 2.19. The van der Waals surface area contributed by atoms with Crippen molar-refractivity contribution >= 4 is 0 Å². The Kier molecular flexibility index (Phi) is 3.59. The molecule has 2 saturated carbocycles. The molecule has 0 amide bonds. The summed E-state index contributed by atoms with van der Waals surface area (Å²) >= 11 is 0. The summed E-state index contributed by atoms with van der Waals surface area (Å²) in [4.78, 5) is 4.21. The summed E-state index contributed by atoms with van der Waals surface area (Å²) < 4.78 is 5.90. The highest BCUT2D eigenvalue weighted by atomic mass is 16.5. The molecule has 3 nitrogen and oxygen atoms in total. The van der Waals surface area contributed by atoms with E-state index in [0.717, 1.165) is 6.61 Å². The van der Waals surface area contributed by atoms with Gasteiger partial charge >= 0.3 is 0 Å². The molecule has 0 aromatic carbocycles. The van der Waals surface area contributed by atoms with Gasteiger partial charge in [-0.15, -0.1) is 0 Å². The number of hydrogen-bond acceptors (Lipinski definition) is 3. The number of nitrogens with one attached hydrogen (secondary N) is 1. The van der Waals surface area contributed by atoms with Gasteiger partial charge in [0, 0.05) is 36.5 Å². The van der Waals surface area contributed by atoms with Gasteiger partial charge in [-0.3, -0.25) is 4.98 Å². The molecule has 3 heteroatoms. The van der Waals surface area contributed by atoms with Crippen LogP contribution in [0.3, 0.4) is 0 Å². The molecule has 3 rings (SSSR count). The lowest BCUT2D eigenvalue weighted by molar-refractivity contribution is -0.174. The molecule has 19 heavy (non-hydrogen) atoms. The summed E-state index contributed by atoms with van der Waals surface area (Å²) in [6.07, 6.45) is 9.47. The highest BCUT2D eigenvalue weighted by molar-refractivity contribution is 5.17. The molecule has 1 heterocycles. The number of pyridine rings is 1. The van der Waals surface area contributed by atoms with Crippen molar-refractivity contribution in [1.82, 2.24) is 10.3 Å². The Morgan fingerprint density at radius 3 is 2.95 bits per heavy atom. The molecule has 2 aliphatic carbocycles. The molecule has 0 saturated heterocycles. The predicted molar refractivity (Wildman–Crippen MR) is 75.9 cm³/mol. The quantitative estimate of drug-likeness (QED) is 0.883. The third-order valence-corrected chi connectivity index (χ3v) is 5.07. The van der Waals surface area contributed by atoms with E-state index in [1.807, 2.05) is 18.5 Å². The topological polar surface area (TPSA) is 34.1 Å². The first-order valence-corrected chi connectivity index (χ1v) is 7.54. The van der Waals surface area contributed by atoms with Gasteiger partial charge in [-0.05, 0) is 44.7 Å². The van der Waals surface area contributed by atoms with E-state index in [1.165, 1.54) is 31.2 Å². The van der Waals surface area contributed by atoms with Gasteiger partial charge in [0.2, 0.25) is 0 Å². The second-order valence-electron chi connectivity index (χ2n) is 5.99. The molecule has 104 valence electrons. The summed E-state index contributed by atoms with van der Waals surface area (Å²) in [5.41, 5.74) is 1.71. The number of aromatic nitrogens is 1. The van der Waals surface area contributed by atoms with Gasteiger partial charge in [-0.2, -0.15) is 0 Å². The average Bonchev–Trinajstić information content (AvgIpc) is 2.36. The van der Waals surface area contributed by atoms with Crippen LogP contribution in [0.1, 0.15) is 51.1 Å². The van der Waals surface area contributed by atoms with Crippen LogP contribution in [0.15, 0.2) is 24.5 Å². The van der Waals surface area contributed by atoms with Crippen LogP contribution < -0.4 is 5.32 Å². The zero-order chi connectivity index (χ0) is 13.3. The van der Waals surface area contributed by atoms with Crippen LogP contribution in [0.4, 0.5) is 0 Å². The smallest absolute Gasteiger partial charge is 0.0661 e. The van der Waals surface area contributed by atoms with E-state index in [1.54, 1.807) is 0 Å². The largest absolute Gasteiger partial charge is 0.378 e. The maximum atomic E-state index is 5.90. The number of hydrogen-bond donors (Lipinski definition) is 1. The molecule has 2 aliphatic rings. The fourth-order valence-corrected chi connectivity index (χ4v) is 3.70. The van der Waals surface area contributed by atoms with Crippen LogP contribution in [-0.4, -0.2) is 23.7 Å². The zero-order valence-corrected chi connectivity index (χ0v) is 11.9. The number of ether oxygens (including phenoxy) is 1. The molecule has 2 fully saturated rings. The molecule has 0 radical (unpaired) electrons. The predicted octanol–water partition coefficient (Wildman–Crippen LogP) is 3.08. The fourth-order valence-electron chi connectivity index (χ4n) is 3.70. The molecule has 1 aromatic heterocycles. The van der Waals surface area contributed by atoms with Crippen molar-refractivity contribution in [3.05, 3.63) is 30.1 Å². The first kappa shape index (κ1) is 13.1. The lowest BCUT2D eigenvalue weighted by Crippen LogP contribution is -2.67. The van der Waals surface area contributed by atoms with Gasteiger partial charge in [0.25, 0.3) is 0 Å². The summed E-state index contributed by atoms with van der Waals surface area (Å²) in [6.45, 7) is 5.18. The van der Waals surface area contributed by atoms with Crippen LogP contribution in [0.5, 0.6) is 0 Å². The van der Waals surface area contributed by atoms with E-state index in [-0.39, 0.29) is 0 Å². The fraction of sp³-hybridized carbons (Fsp3) is 0.688. The minimum Gasteiger partial charge on any atom is -0.378 e. The van der Waals surface area contributed by atoms with Gasteiger partial charge < -0.3 is 10.1 Å². The van der Waals surface area contributed by atoms with Gasteiger partial charge in [-0.25, -0.2) is 0 Å². The summed E-state index contributed by atoms with van der Waals surface area (Å²) in [5.74, 6) is 0. The van der Waals surface area contributed by atoms with E-state index < -0.39 is 0 Å². The number of nitrogens with zero attached hydrogens (tertiary/aromatic N) is 1. The molecular formula is C16H24N2O. The maximum Gasteiger partial charge on any atom is 0.0661 e. The van der Waals surface area contributed by atoms with Crippen molar-refractivity contribution < 1.29 is 4.74 Å². The minimum atomic E-state index is 0.374. The van der Waals surface area contributed by atoms with Crippen molar-refractivity contribution in [2.24, 2.45) is 5.41 Å². The van der Waals surface area contributed by atoms with E-state index in [0.29, 0.717) is 23.6 Å². The zero-order valence-electron chi connectivity index (χ0n) is 11.9. The highest BCUT2D eigenvalue weighted by Gasteiger charge is 2.58. The van der Waals surface area contributed by atoms with Crippen LogP contribution in [0.2, 0.25) is 0 Å². The van der Waals surface area contributed by atoms with Crippen LogP contribution >= 0.6 is 0 Å². The molecule has 0 bridgehead atoms. The Hall–Kier alpha value is -0.930. The summed E-state index contributed by atoms with van der Waals surface area (Å²) in [5, 5.41) is 3.79. The van der Waals surface area contributed by atoms with Gasteiger partial charge in [0.05, 0.1) is 6.10 Å². The second kappa shape index (κ2) is 5.22. The van der Waals surface area contributed by atoms with Crippen LogP contribution in [0, 0.1) is 5.41 Å². The van der Waals surface area contributed by atoms with Crippen molar-refractivity contribution in [2.45, 2.75) is 57.7 Å². The van der Waals surface area contributed by atoms with Crippen molar-refractivity contribution in [2.75, 3.05) is 6.61 Å². The minimum absolute atomic E-state index is 0.374. The van der Waals surface area contributed by atoms with E-state index in [9.17, 15) is 0 Å². The Morgan fingerprint density at radius 1 is 1.53 bits per heavy atom. The van der Waals surface area contributed by atoms with Crippen molar-refractivity contribution in [3.63, 3.8) is 0 Å². The van der Waals surface area contributed by atoms with E-state index in [2.05, 4.69) is 30.2 Å². The molecular weight excluding hydrogens is 236 g/mol. The SMILES string of the molecule is CCOC1CC(NC(C)c2cccnc2)C12CCC2. The molecule has 3 unspecified atom stereocenters. The average molecular weight is 260 g/mol. The van der Waals surface area contributed by atoms with Crippen LogP contribution in [0.25, 0.3) is 0 Å². The Labute approximate surface area is 115 Å². The molecule has 0 aliphatic heterocycles. The normalized spacial score (nSPS) is 29.6. The van der Waals surface area contributed by atoms with E-state index in [4.69, 9.17) is 4.74 Å². The first-order valence-electron chi connectivity index (χ1n) is 7.54. The molecule has 1 spiro atoms. The van der Waals surface area contributed by atoms with Gasteiger partial charge in [-0.1, -0.05) is 12.5 Å². The molecule has 3 atom stereocenters.